The van der Waals surface area contributed by atoms with E-state index in [0.29, 0.717) is 17.5 Å². The van der Waals surface area contributed by atoms with E-state index in [1.165, 1.54) is 11.8 Å². The normalized spacial score (nSPS) is 16.6. The monoisotopic (exact) mass is 397 g/mol. The number of aryl methyl sites for hydroxylation is 1. The molecule has 3 heterocycles. The molecule has 146 valence electrons. The summed E-state index contributed by atoms with van der Waals surface area (Å²) in [5.41, 5.74) is 3.80. The summed E-state index contributed by atoms with van der Waals surface area (Å²) in [6.45, 7) is 5.43. The van der Waals surface area contributed by atoms with Crippen LogP contribution >= 0.6 is 11.8 Å². The minimum absolute atomic E-state index is 0.0759. The molecular weight excluding hydrogens is 374 g/mol. The molecule has 8 heteroatoms. The summed E-state index contributed by atoms with van der Waals surface area (Å²) in [5.74, 6) is 0.372. The summed E-state index contributed by atoms with van der Waals surface area (Å²) in [4.78, 5) is 12.9. The number of hydrogen-bond acceptors (Lipinski definition) is 6. The van der Waals surface area contributed by atoms with Gasteiger partial charge in [-0.2, -0.15) is 0 Å². The Morgan fingerprint density at radius 2 is 2.11 bits per heavy atom. The number of ketones is 1. The average Bonchev–Trinajstić information content (AvgIpc) is 3.43. The highest BCUT2D eigenvalue weighted by Gasteiger charge is 2.21. The molecule has 7 nitrogen and oxygen atoms in total. The second-order valence-electron chi connectivity index (χ2n) is 6.95. The van der Waals surface area contributed by atoms with E-state index in [-0.39, 0.29) is 11.9 Å². The number of thioether (sulfide) groups is 1. The lowest BCUT2D eigenvalue weighted by Gasteiger charge is -2.10. The SMILES string of the molecule is Cc1cc(C(=O)CSc2nnnn2C[C@@H]2CCCO2)c(C)n1-c1ccccc1. The van der Waals surface area contributed by atoms with Crippen LogP contribution in [0.5, 0.6) is 0 Å². The second-order valence-corrected chi connectivity index (χ2v) is 7.89. The quantitative estimate of drug-likeness (QED) is 0.450. The topological polar surface area (TPSA) is 74.8 Å². The summed E-state index contributed by atoms with van der Waals surface area (Å²) in [6.07, 6.45) is 2.25. The van der Waals surface area contributed by atoms with Gasteiger partial charge in [0.25, 0.3) is 0 Å². The van der Waals surface area contributed by atoms with Gasteiger partial charge in [-0.25, -0.2) is 4.68 Å². The van der Waals surface area contributed by atoms with E-state index in [2.05, 4.69) is 20.1 Å². The first-order chi connectivity index (χ1) is 13.6. The largest absolute Gasteiger partial charge is 0.376 e. The number of hydrogen-bond donors (Lipinski definition) is 0. The van der Waals surface area contributed by atoms with Crippen molar-refractivity contribution in [2.45, 2.75) is 44.5 Å². The molecule has 4 rings (SSSR count). The highest BCUT2D eigenvalue weighted by Crippen LogP contribution is 2.24. The van der Waals surface area contributed by atoms with Crippen LogP contribution in [0.4, 0.5) is 0 Å². The molecule has 3 aromatic rings. The zero-order chi connectivity index (χ0) is 19.5. The van der Waals surface area contributed by atoms with Gasteiger partial charge in [0.1, 0.15) is 0 Å². The molecule has 0 N–H and O–H groups in total. The van der Waals surface area contributed by atoms with Crippen LogP contribution in [0, 0.1) is 13.8 Å². The maximum Gasteiger partial charge on any atom is 0.209 e. The van der Waals surface area contributed by atoms with Crippen LogP contribution in [0.25, 0.3) is 5.69 Å². The molecule has 1 fully saturated rings. The number of aromatic nitrogens is 5. The van der Waals surface area contributed by atoms with Gasteiger partial charge >= 0.3 is 0 Å². The Hall–Kier alpha value is -2.45. The molecule has 0 spiro atoms. The number of rotatable bonds is 7. The predicted octanol–water partition coefficient (Wildman–Crippen LogP) is 3.23. The van der Waals surface area contributed by atoms with Gasteiger partial charge in [0.05, 0.1) is 18.4 Å². The standard InChI is InChI=1S/C20H23N5O2S/c1-14-11-18(15(2)25(14)16-7-4-3-5-8-16)19(26)13-28-20-21-22-23-24(20)12-17-9-6-10-27-17/h3-5,7-8,11,17H,6,9-10,12-13H2,1-2H3/t17-/m0/s1. The second kappa shape index (κ2) is 8.28. The zero-order valence-corrected chi connectivity index (χ0v) is 16.9. The molecule has 0 aliphatic carbocycles. The number of nitrogens with zero attached hydrogens (tertiary/aromatic N) is 5. The highest BCUT2D eigenvalue weighted by molar-refractivity contribution is 7.99. The molecule has 28 heavy (non-hydrogen) atoms. The summed E-state index contributed by atoms with van der Waals surface area (Å²) >= 11 is 1.37. The van der Waals surface area contributed by atoms with Crippen molar-refractivity contribution in [3.63, 3.8) is 0 Å². The van der Waals surface area contributed by atoms with Crippen LogP contribution in [0.3, 0.4) is 0 Å². The third-order valence-corrected chi connectivity index (χ3v) is 5.94. The predicted molar refractivity (Wildman–Crippen MR) is 107 cm³/mol. The van der Waals surface area contributed by atoms with Crippen molar-refractivity contribution in [3.05, 3.63) is 53.3 Å². The van der Waals surface area contributed by atoms with E-state index in [9.17, 15) is 4.79 Å². The number of carbonyl (C=O) groups is 1. The van der Waals surface area contributed by atoms with Crippen LogP contribution in [-0.4, -0.2) is 49.0 Å². The van der Waals surface area contributed by atoms with Gasteiger partial charge in [0, 0.05) is 29.2 Å². The van der Waals surface area contributed by atoms with E-state index in [1.807, 2.05) is 50.2 Å². The van der Waals surface area contributed by atoms with E-state index < -0.39 is 0 Å². The van der Waals surface area contributed by atoms with Crippen molar-refractivity contribution in [2.75, 3.05) is 12.4 Å². The molecule has 1 aliphatic rings. The maximum absolute atomic E-state index is 12.9. The molecule has 0 bridgehead atoms. The molecule has 0 unspecified atom stereocenters. The van der Waals surface area contributed by atoms with Crippen molar-refractivity contribution < 1.29 is 9.53 Å². The van der Waals surface area contributed by atoms with Gasteiger partial charge in [-0.15, -0.1) is 5.10 Å². The lowest BCUT2D eigenvalue weighted by atomic mass is 10.2. The Kier molecular flexibility index (Phi) is 5.59. The van der Waals surface area contributed by atoms with Crippen LogP contribution in [-0.2, 0) is 11.3 Å². The fourth-order valence-corrected chi connectivity index (χ4v) is 4.39. The lowest BCUT2D eigenvalue weighted by Crippen LogP contribution is -2.17. The van der Waals surface area contributed by atoms with E-state index in [4.69, 9.17) is 4.74 Å². The van der Waals surface area contributed by atoms with Crippen molar-refractivity contribution in [2.24, 2.45) is 0 Å². The first kappa shape index (κ1) is 18.9. The van der Waals surface area contributed by atoms with Crippen molar-refractivity contribution in [1.82, 2.24) is 24.8 Å². The summed E-state index contributed by atoms with van der Waals surface area (Å²) in [6, 6.07) is 12.0. The van der Waals surface area contributed by atoms with Gasteiger partial charge in [-0.1, -0.05) is 30.0 Å². The first-order valence-corrected chi connectivity index (χ1v) is 10.4. The van der Waals surface area contributed by atoms with Crippen LogP contribution in [0.2, 0.25) is 0 Å². The fourth-order valence-electron chi connectivity index (χ4n) is 3.62. The van der Waals surface area contributed by atoms with Crippen molar-refractivity contribution in [1.29, 1.82) is 0 Å². The van der Waals surface area contributed by atoms with Gasteiger partial charge < -0.3 is 9.30 Å². The Balaban J connectivity index is 1.46. The summed E-state index contributed by atoms with van der Waals surface area (Å²) < 4.78 is 9.50. The molecule has 2 aromatic heterocycles. The number of Topliss-reactive ketones (excluding diaryl/α,β-unsaturated/α-hetero) is 1. The molecule has 0 radical (unpaired) electrons. The Labute approximate surface area is 168 Å². The smallest absolute Gasteiger partial charge is 0.209 e. The molecule has 0 saturated carbocycles. The van der Waals surface area contributed by atoms with Crippen LogP contribution in [0.1, 0.15) is 34.6 Å². The van der Waals surface area contributed by atoms with Gasteiger partial charge in [0.15, 0.2) is 5.78 Å². The fraction of sp³-hybridized carbons (Fsp3) is 0.400. The van der Waals surface area contributed by atoms with Crippen molar-refractivity contribution >= 4 is 17.5 Å². The zero-order valence-electron chi connectivity index (χ0n) is 16.0. The Morgan fingerprint density at radius 1 is 1.29 bits per heavy atom. The van der Waals surface area contributed by atoms with Gasteiger partial charge in [0.2, 0.25) is 5.16 Å². The first-order valence-electron chi connectivity index (χ1n) is 9.41. The number of para-hydroxylation sites is 1. The molecule has 1 atom stereocenters. The third-order valence-electron chi connectivity index (χ3n) is 4.98. The summed E-state index contributed by atoms with van der Waals surface area (Å²) in [5, 5.41) is 12.5. The Bertz CT molecular complexity index is 960. The lowest BCUT2D eigenvalue weighted by molar-refractivity contribution is 0.0912. The number of tetrazole rings is 1. The number of carbonyl (C=O) groups excluding carboxylic acids is 1. The van der Waals surface area contributed by atoms with E-state index in [1.54, 1.807) is 4.68 Å². The average molecular weight is 398 g/mol. The van der Waals surface area contributed by atoms with Crippen LogP contribution in [0.15, 0.2) is 41.6 Å². The van der Waals surface area contributed by atoms with Gasteiger partial charge in [-0.05, 0) is 55.3 Å². The molecule has 1 aliphatic heterocycles. The minimum Gasteiger partial charge on any atom is -0.376 e. The third kappa shape index (κ3) is 3.88. The van der Waals surface area contributed by atoms with E-state index in [0.717, 1.165) is 42.1 Å². The molecular formula is C20H23N5O2S. The number of ether oxygens (including phenoxy) is 1. The maximum atomic E-state index is 12.9. The van der Waals surface area contributed by atoms with Crippen molar-refractivity contribution in [3.8, 4) is 5.69 Å². The summed E-state index contributed by atoms with van der Waals surface area (Å²) in [7, 11) is 0. The van der Waals surface area contributed by atoms with E-state index >= 15 is 0 Å². The Morgan fingerprint density at radius 3 is 2.86 bits per heavy atom. The molecule has 1 saturated heterocycles. The van der Waals surface area contributed by atoms with Gasteiger partial charge in [-0.3, -0.25) is 4.79 Å². The minimum atomic E-state index is 0.0759. The van der Waals surface area contributed by atoms with Crippen LogP contribution < -0.4 is 0 Å². The molecule has 1 aromatic carbocycles. The molecule has 0 amide bonds. The number of benzene rings is 1. The highest BCUT2D eigenvalue weighted by atomic mass is 32.2.